The van der Waals surface area contributed by atoms with Crippen molar-refractivity contribution in [2.24, 2.45) is 5.92 Å². The summed E-state index contributed by atoms with van der Waals surface area (Å²) < 4.78 is 0. The third-order valence-corrected chi connectivity index (χ3v) is 15.5. The molecular formula is C63H93N7O4. The molecule has 404 valence electrons. The maximum atomic E-state index is 12.5. The highest BCUT2D eigenvalue weighted by Gasteiger charge is 2.27. The second kappa shape index (κ2) is 29.8. The molecule has 4 heterocycles. The van der Waals surface area contributed by atoms with Crippen LogP contribution in [0.1, 0.15) is 188 Å². The highest BCUT2D eigenvalue weighted by Crippen LogP contribution is 2.24. The van der Waals surface area contributed by atoms with E-state index in [4.69, 9.17) is 0 Å². The maximum absolute atomic E-state index is 12.5. The normalized spacial score (nSPS) is 17.9. The Balaban J connectivity index is 0.000000183. The van der Waals surface area contributed by atoms with Gasteiger partial charge in [-0.1, -0.05) is 116 Å². The molecule has 4 aromatic carbocycles. The van der Waals surface area contributed by atoms with E-state index in [0.29, 0.717) is 41.5 Å². The first kappa shape index (κ1) is 59.7. The van der Waals surface area contributed by atoms with E-state index in [-0.39, 0.29) is 29.7 Å². The lowest BCUT2D eigenvalue weighted by atomic mass is 9.88. The molecule has 4 saturated heterocycles. The largest absolute Gasteiger partial charge is 0.348 e. The molecule has 1 unspecified atom stereocenters. The Hall–Kier alpha value is -5.20. The third kappa shape index (κ3) is 18.3. The van der Waals surface area contributed by atoms with Gasteiger partial charge in [-0.25, -0.2) is 0 Å². The van der Waals surface area contributed by atoms with Crippen LogP contribution < -0.4 is 16.0 Å². The quantitative estimate of drug-likeness (QED) is 0.120. The van der Waals surface area contributed by atoms with Crippen LogP contribution in [-0.4, -0.2) is 142 Å². The lowest BCUT2D eigenvalue weighted by Gasteiger charge is -2.35. The topological polar surface area (TPSA) is 117 Å². The molecule has 0 saturated carbocycles. The SMILES string of the molecule is CC(C)c1ccc(C(=O)C2CCN(C)CC2)cc1.CC(C)c1ccc(C(=O)N2CCC(N(C)C)CC2)cc1.CC(C)c1ccc(C(=O)NC2CCNC2)cc1.CNC1CCN(C(=O)c2ccc(C(C)C)cc2)CC1. The van der Waals surface area contributed by atoms with Gasteiger partial charge in [-0.15, -0.1) is 0 Å². The Kier molecular flexibility index (Phi) is 24.0. The van der Waals surface area contributed by atoms with Crippen LogP contribution in [0.2, 0.25) is 0 Å². The monoisotopic (exact) mass is 1010 g/mol. The van der Waals surface area contributed by atoms with Crippen molar-refractivity contribution in [2.45, 2.75) is 142 Å². The minimum absolute atomic E-state index is 0.0361. The summed E-state index contributed by atoms with van der Waals surface area (Å²) in [5.74, 6) is 3.00. The summed E-state index contributed by atoms with van der Waals surface area (Å²) in [5.41, 5.74) is 8.40. The van der Waals surface area contributed by atoms with E-state index in [1.165, 1.54) is 22.3 Å². The Morgan fingerprint density at radius 2 is 0.878 bits per heavy atom. The highest BCUT2D eigenvalue weighted by atomic mass is 16.2. The summed E-state index contributed by atoms with van der Waals surface area (Å²) in [4.78, 5) is 57.7. The van der Waals surface area contributed by atoms with Crippen LogP contribution in [0.4, 0.5) is 0 Å². The molecule has 8 rings (SSSR count). The van der Waals surface area contributed by atoms with Crippen molar-refractivity contribution in [1.29, 1.82) is 0 Å². The summed E-state index contributed by atoms with van der Waals surface area (Å²) in [6.45, 7) is 24.7. The number of Topliss-reactive ketones (excluding diaryl/α,β-unsaturated/α-hetero) is 1. The minimum Gasteiger partial charge on any atom is -0.348 e. The van der Waals surface area contributed by atoms with E-state index in [0.717, 1.165) is 120 Å². The Labute approximate surface area is 446 Å². The number of benzene rings is 4. The first-order valence-electron chi connectivity index (χ1n) is 27.9. The van der Waals surface area contributed by atoms with Gasteiger partial charge in [0.2, 0.25) is 0 Å². The number of ketones is 1. The second-order valence-electron chi connectivity index (χ2n) is 22.6. The third-order valence-electron chi connectivity index (χ3n) is 15.5. The van der Waals surface area contributed by atoms with Gasteiger partial charge >= 0.3 is 0 Å². The zero-order valence-electron chi connectivity index (χ0n) is 47.4. The van der Waals surface area contributed by atoms with Gasteiger partial charge in [0.15, 0.2) is 5.78 Å². The van der Waals surface area contributed by atoms with E-state index in [9.17, 15) is 19.2 Å². The highest BCUT2D eigenvalue weighted by molar-refractivity contribution is 5.98. The summed E-state index contributed by atoms with van der Waals surface area (Å²) in [6, 6.07) is 33.7. The van der Waals surface area contributed by atoms with Crippen molar-refractivity contribution in [3.05, 3.63) is 142 Å². The molecule has 0 aromatic heterocycles. The molecule has 0 bridgehead atoms. The molecule has 4 aliphatic heterocycles. The number of hydrogen-bond donors (Lipinski definition) is 3. The number of amides is 3. The van der Waals surface area contributed by atoms with Gasteiger partial charge in [0.25, 0.3) is 17.7 Å². The van der Waals surface area contributed by atoms with Crippen LogP contribution in [0, 0.1) is 5.92 Å². The van der Waals surface area contributed by atoms with Crippen molar-refractivity contribution in [3.8, 4) is 0 Å². The number of nitrogens with one attached hydrogen (secondary N) is 3. The van der Waals surface area contributed by atoms with Crippen molar-refractivity contribution >= 4 is 23.5 Å². The molecule has 0 radical (unpaired) electrons. The molecule has 4 aliphatic rings. The van der Waals surface area contributed by atoms with Crippen LogP contribution in [0.15, 0.2) is 97.1 Å². The molecule has 4 aromatic rings. The fourth-order valence-electron chi connectivity index (χ4n) is 9.95. The van der Waals surface area contributed by atoms with Crippen molar-refractivity contribution in [1.82, 2.24) is 35.6 Å². The smallest absolute Gasteiger partial charge is 0.253 e. The number of piperidine rings is 3. The number of carbonyl (C=O) groups is 4. The van der Waals surface area contributed by atoms with Crippen molar-refractivity contribution in [3.63, 3.8) is 0 Å². The molecule has 11 nitrogen and oxygen atoms in total. The lowest BCUT2D eigenvalue weighted by molar-refractivity contribution is 0.0662. The zero-order valence-corrected chi connectivity index (χ0v) is 47.4. The van der Waals surface area contributed by atoms with Crippen LogP contribution in [0.25, 0.3) is 0 Å². The van der Waals surface area contributed by atoms with E-state index in [1.54, 1.807) is 0 Å². The van der Waals surface area contributed by atoms with Gasteiger partial charge in [-0.2, -0.15) is 0 Å². The molecule has 74 heavy (non-hydrogen) atoms. The molecule has 11 heteroatoms. The van der Waals surface area contributed by atoms with E-state index >= 15 is 0 Å². The number of hydrogen-bond acceptors (Lipinski definition) is 8. The van der Waals surface area contributed by atoms with Gasteiger partial charge < -0.3 is 35.6 Å². The van der Waals surface area contributed by atoms with Gasteiger partial charge in [-0.05, 0) is 175 Å². The summed E-state index contributed by atoms with van der Waals surface area (Å²) in [5, 5.41) is 9.57. The molecule has 3 amide bonds. The van der Waals surface area contributed by atoms with Crippen molar-refractivity contribution in [2.75, 3.05) is 80.5 Å². The number of carbonyl (C=O) groups excluding carboxylic acids is 4. The average Bonchev–Trinajstić information content (AvgIpc) is 3.94. The molecule has 0 aliphatic carbocycles. The van der Waals surface area contributed by atoms with Gasteiger partial charge in [-0.3, -0.25) is 19.2 Å². The Bertz CT molecular complexity index is 2300. The molecule has 0 spiro atoms. The predicted molar refractivity (Wildman–Crippen MR) is 306 cm³/mol. The number of nitrogens with zero attached hydrogens (tertiary/aromatic N) is 4. The fourth-order valence-corrected chi connectivity index (χ4v) is 9.95. The first-order chi connectivity index (χ1) is 35.3. The maximum Gasteiger partial charge on any atom is 0.253 e. The van der Waals surface area contributed by atoms with Gasteiger partial charge in [0.05, 0.1) is 0 Å². The van der Waals surface area contributed by atoms with Crippen LogP contribution in [-0.2, 0) is 0 Å². The molecule has 1 atom stereocenters. The standard InChI is InChI=1S/C17H26N2O.C16H24N2O.C16H23NO.C14H20N2O/c1-13(2)14-5-7-15(8-6-14)17(20)19-11-9-16(10-12-19)18(3)4;1-12(2)13-4-6-14(7-5-13)16(19)18-10-8-15(17-3)9-11-18;1-12(2)13-4-6-14(7-5-13)16(18)15-8-10-17(3)11-9-15;1-10(2)11-3-5-12(6-4-11)14(17)16-13-7-8-15-9-13/h5-8,13,16H,9-12H2,1-4H3;4-7,12,15,17H,8-11H2,1-3H3;4-7,12,15H,8-11H2,1-3H3;3-6,10,13,15H,7-9H2,1-2H3,(H,16,17). The average molecular weight is 1010 g/mol. The second-order valence-corrected chi connectivity index (χ2v) is 22.6. The lowest BCUT2D eigenvalue weighted by Crippen LogP contribution is -2.44. The Morgan fingerprint density at radius 1 is 0.500 bits per heavy atom. The number of likely N-dealkylation sites (tertiary alicyclic amines) is 3. The van der Waals surface area contributed by atoms with E-state index in [1.807, 2.05) is 77.5 Å². The minimum atomic E-state index is 0.0361. The van der Waals surface area contributed by atoms with E-state index < -0.39 is 0 Å². The number of rotatable bonds is 12. The zero-order chi connectivity index (χ0) is 53.9. The fraction of sp³-hybridized carbons (Fsp3) is 0.556. The van der Waals surface area contributed by atoms with Crippen LogP contribution in [0.5, 0.6) is 0 Å². The predicted octanol–water partition coefficient (Wildman–Crippen LogP) is 10.8. The molecule has 4 fully saturated rings. The summed E-state index contributed by atoms with van der Waals surface area (Å²) in [7, 11) is 8.35. The van der Waals surface area contributed by atoms with Crippen molar-refractivity contribution < 1.29 is 19.2 Å². The van der Waals surface area contributed by atoms with Gasteiger partial charge in [0, 0.05) is 79.0 Å². The first-order valence-corrected chi connectivity index (χ1v) is 27.9. The van der Waals surface area contributed by atoms with E-state index in [2.05, 4.69) is 139 Å². The summed E-state index contributed by atoms with van der Waals surface area (Å²) >= 11 is 0. The van der Waals surface area contributed by atoms with Crippen LogP contribution in [0.3, 0.4) is 0 Å². The van der Waals surface area contributed by atoms with Crippen LogP contribution >= 0.6 is 0 Å². The van der Waals surface area contributed by atoms with Gasteiger partial charge in [0.1, 0.15) is 0 Å². The Morgan fingerprint density at radius 3 is 1.23 bits per heavy atom. The summed E-state index contributed by atoms with van der Waals surface area (Å²) in [6.07, 6.45) is 7.27. The molecular weight excluding hydrogens is 919 g/mol. The molecule has 3 N–H and O–H groups in total.